The van der Waals surface area contributed by atoms with Crippen molar-refractivity contribution in [1.29, 1.82) is 0 Å². The number of nitrogens with zero attached hydrogens (tertiary/aromatic N) is 3. The molecule has 140 valence electrons. The lowest BCUT2D eigenvalue weighted by molar-refractivity contribution is -0.0666. The van der Waals surface area contributed by atoms with Crippen LogP contribution in [-0.2, 0) is 0 Å². The van der Waals surface area contributed by atoms with Gasteiger partial charge in [-0.1, -0.05) is 30.3 Å². The smallest absolute Gasteiger partial charge is 0.375 e. The summed E-state index contributed by atoms with van der Waals surface area (Å²) in [7, 11) is 0. The zero-order valence-corrected chi connectivity index (χ0v) is 14.0. The van der Waals surface area contributed by atoms with Gasteiger partial charge in [-0.15, -0.1) is 5.10 Å². The summed E-state index contributed by atoms with van der Waals surface area (Å²) >= 11 is 0. The van der Waals surface area contributed by atoms with E-state index in [9.17, 15) is 18.0 Å². The first-order valence-electron chi connectivity index (χ1n) is 7.82. The maximum absolute atomic E-state index is 13.3. The lowest BCUT2D eigenvalue weighted by Crippen LogP contribution is -2.19. The largest absolute Gasteiger partial charge is 0.475 e. The molecule has 0 fully saturated rings. The van der Waals surface area contributed by atoms with Gasteiger partial charge in [0.25, 0.3) is 12.2 Å². The summed E-state index contributed by atoms with van der Waals surface area (Å²) in [5.41, 5.74) is 1.46. The summed E-state index contributed by atoms with van der Waals surface area (Å²) in [6.07, 6.45) is -6.01. The molecule has 0 amide bonds. The molecule has 2 aromatic carbocycles. The number of ether oxygens (including phenoxy) is 1. The topological polar surface area (TPSA) is 77.2 Å². The Balaban J connectivity index is 2.01. The van der Waals surface area contributed by atoms with Crippen LogP contribution in [0.2, 0.25) is 0 Å². The van der Waals surface area contributed by atoms with Gasteiger partial charge in [0.1, 0.15) is 11.6 Å². The number of alkyl halides is 3. The van der Waals surface area contributed by atoms with Crippen molar-refractivity contribution in [2.75, 3.05) is 0 Å². The van der Waals surface area contributed by atoms with Gasteiger partial charge in [0, 0.05) is 5.56 Å². The Morgan fingerprint density at radius 2 is 1.89 bits per heavy atom. The molecule has 0 spiro atoms. The molecular weight excluding hydrogens is 363 g/mol. The summed E-state index contributed by atoms with van der Waals surface area (Å²) in [5.74, 6) is -1.29. The third-order valence-electron chi connectivity index (χ3n) is 3.69. The van der Waals surface area contributed by atoms with Crippen molar-refractivity contribution in [1.82, 2.24) is 14.8 Å². The average Bonchev–Trinajstić information content (AvgIpc) is 3.04. The molecule has 1 N–H and O–H groups in total. The molecule has 27 heavy (non-hydrogen) atoms. The van der Waals surface area contributed by atoms with Crippen molar-refractivity contribution < 1.29 is 27.8 Å². The molecule has 9 heteroatoms. The number of para-hydroxylation sites is 1. The number of aromatic carboxylic acids is 1. The van der Waals surface area contributed by atoms with Gasteiger partial charge >= 0.3 is 12.4 Å². The second-order valence-electron chi connectivity index (χ2n) is 5.55. The highest BCUT2D eigenvalue weighted by Gasteiger charge is 2.22. The zero-order chi connectivity index (χ0) is 19.6. The van der Waals surface area contributed by atoms with E-state index in [4.69, 9.17) is 9.84 Å². The van der Waals surface area contributed by atoms with Crippen LogP contribution in [0.5, 0.6) is 5.75 Å². The highest BCUT2D eigenvalue weighted by molar-refractivity contribution is 5.83. The Bertz CT molecular complexity index is 975. The molecule has 0 aliphatic rings. The second-order valence-corrected chi connectivity index (χ2v) is 5.55. The maximum atomic E-state index is 13.3. The Hall–Kier alpha value is -3.36. The van der Waals surface area contributed by atoms with Crippen LogP contribution in [0.3, 0.4) is 0 Å². The Morgan fingerprint density at radius 3 is 2.56 bits per heavy atom. The first-order valence-corrected chi connectivity index (χ1v) is 7.82. The van der Waals surface area contributed by atoms with E-state index in [0.29, 0.717) is 22.6 Å². The SMILES string of the molecule is Cc1nc(C(=O)O)nn1-c1cccc(-c2ccccc2OC(F)C(F)F)c1. The van der Waals surface area contributed by atoms with Crippen LogP contribution in [0.15, 0.2) is 48.5 Å². The van der Waals surface area contributed by atoms with Gasteiger partial charge in [-0.05, 0) is 30.7 Å². The molecule has 1 atom stereocenters. The van der Waals surface area contributed by atoms with Crippen molar-refractivity contribution in [3.05, 3.63) is 60.2 Å². The quantitative estimate of drug-likeness (QED) is 0.705. The van der Waals surface area contributed by atoms with E-state index in [1.165, 1.54) is 10.7 Å². The Labute approximate surface area is 151 Å². The van der Waals surface area contributed by atoms with E-state index in [1.807, 2.05) is 0 Å². The van der Waals surface area contributed by atoms with Crippen molar-refractivity contribution in [3.63, 3.8) is 0 Å². The van der Waals surface area contributed by atoms with Crippen LogP contribution < -0.4 is 4.74 Å². The molecule has 0 aliphatic carbocycles. The van der Waals surface area contributed by atoms with Crippen LogP contribution in [0.25, 0.3) is 16.8 Å². The highest BCUT2D eigenvalue weighted by atomic mass is 19.3. The first kappa shape index (κ1) is 18.4. The minimum atomic E-state index is -3.27. The van der Waals surface area contributed by atoms with Crippen LogP contribution in [0, 0.1) is 6.92 Å². The molecule has 0 saturated heterocycles. The molecule has 0 bridgehead atoms. The van der Waals surface area contributed by atoms with E-state index >= 15 is 0 Å². The number of carboxylic acid groups (broad SMARTS) is 1. The van der Waals surface area contributed by atoms with Gasteiger partial charge in [-0.3, -0.25) is 0 Å². The predicted octanol–water partition coefficient (Wildman–Crippen LogP) is 3.88. The number of aryl methyl sites for hydroxylation is 1. The molecule has 3 aromatic rings. The van der Waals surface area contributed by atoms with Crippen molar-refractivity contribution in [2.45, 2.75) is 19.7 Å². The normalized spacial score (nSPS) is 12.2. The summed E-state index contributed by atoms with van der Waals surface area (Å²) < 4.78 is 44.4. The number of benzene rings is 2. The monoisotopic (exact) mass is 377 g/mol. The molecule has 1 aromatic heterocycles. The van der Waals surface area contributed by atoms with Gasteiger partial charge in [0.2, 0.25) is 0 Å². The number of hydrogen-bond donors (Lipinski definition) is 1. The van der Waals surface area contributed by atoms with E-state index in [0.717, 1.165) is 0 Å². The molecule has 6 nitrogen and oxygen atoms in total. The fourth-order valence-corrected chi connectivity index (χ4v) is 2.51. The molecule has 1 heterocycles. The molecule has 0 saturated carbocycles. The number of halogens is 3. The lowest BCUT2D eigenvalue weighted by Gasteiger charge is -2.15. The molecule has 3 rings (SSSR count). The van der Waals surface area contributed by atoms with Gasteiger partial charge in [0.15, 0.2) is 0 Å². The molecular formula is C18H14F3N3O3. The van der Waals surface area contributed by atoms with Crippen molar-refractivity contribution in [2.24, 2.45) is 0 Å². The summed E-state index contributed by atoms with van der Waals surface area (Å²) in [6.45, 7) is 1.60. The van der Waals surface area contributed by atoms with Crippen LogP contribution in [-0.4, -0.2) is 38.6 Å². The maximum Gasteiger partial charge on any atom is 0.375 e. The third kappa shape index (κ3) is 3.91. The van der Waals surface area contributed by atoms with Gasteiger partial charge in [-0.2, -0.15) is 4.39 Å². The second kappa shape index (κ2) is 7.48. The number of aromatic nitrogens is 3. The van der Waals surface area contributed by atoms with Crippen LogP contribution in [0.1, 0.15) is 16.4 Å². The summed E-state index contributed by atoms with van der Waals surface area (Å²) in [6, 6.07) is 12.9. The zero-order valence-electron chi connectivity index (χ0n) is 14.0. The minimum absolute atomic E-state index is 0.0380. The standard InChI is InChI=1S/C18H14F3N3O3/c1-10-22-17(18(25)26)23-24(10)12-6-4-5-11(9-12)13-7-2-3-8-14(13)27-16(21)15(19)20/h2-9,15-16H,1H3,(H,25,26). The van der Waals surface area contributed by atoms with Crippen LogP contribution in [0.4, 0.5) is 13.2 Å². The number of carboxylic acids is 1. The number of hydrogen-bond acceptors (Lipinski definition) is 4. The van der Waals surface area contributed by atoms with Crippen LogP contribution >= 0.6 is 0 Å². The van der Waals surface area contributed by atoms with E-state index in [1.54, 1.807) is 49.4 Å². The van der Waals surface area contributed by atoms with Gasteiger partial charge in [0.05, 0.1) is 5.69 Å². The lowest BCUT2D eigenvalue weighted by atomic mass is 10.0. The van der Waals surface area contributed by atoms with E-state index in [2.05, 4.69) is 10.1 Å². The number of rotatable bonds is 6. The summed E-state index contributed by atoms with van der Waals surface area (Å²) in [5, 5.41) is 12.9. The van der Waals surface area contributed by atoms with E-state index < -0.39 is 18.8 Å². The molecule has 1 unspecified atom stereocenters. The molecule has 0 aliphatic heterocycles. The van der Waals surface area contributed by atoms with Gasteiger partial charge < -0.3 is 9.84 Å². The molecule has 0 radical (unpaired) electrons. The fraction of sp³-hybridized carbons (Fsp3) is 0.167. The average molecular weight is 377 g/mol. The first-order chi connectivity index (χ1) is 12.9. The fourth-order valence-electron chi connectivity index (χ4n) is 2.51. The van der Waals surface area contributed by atoms with Gasteiger partial charge in [-0.25, -0.2) is 23.2 Å². The Kier molecular flexibility index (Phi) is 5.11. The number of carbonyl (C=O) groups is 1. The van der Waals surface area contributed by atoms with Crippen molar-refractivity contribution in [3.8, 4) is 22.6 Å². The Morgan fingerprint density at radius 1 is 1.15 bits per heavy atom. The van der Waals surface area contributed by atoms with Crippen molar-refractivity contribution >= 4 is 5.97 Å². The van der Waals surface area contributed by atoms with E-state index in [-0.39, 0.29) is 11.6 Å². The minimum Gasteiger partial charge on any atom is -0.475 e. The highest BCUT2D eigenvalue weighted by Crippen LogP contribution is 2.32. The summed E-state index contributed by atoms with van der Waals surface area (Å²) in [4.78, 5) is 14.9. The predicted molar refractivity (Wildman–Crippen MR) is 90.0 cm³/mol. The third-order valence-corrected chi connectivity index (χ3v) is 3.69.